The second-order valence-corrected chi connectivity index (χ2v) is 7.45. The lowest BCUT2D eigenvalue weighted by molar-refractivity contribution is -0.137. The van der Waals surface area contributed by atoms with Crippen LogP contribution in [0.15, 0.2) is 54.6 Å². The van der Waals surface area contributed by atoms with Gasteiger partial charge in [-0.3, -0.25) is 4.79 Å². The summed E-state index contributed by atoms with van der Waals surface area (Å²) in [5.41, 5.74) is 1.62. The Balaban J connectivity index is 1.66. The van der Waals surface area contributed by atoms with Crippen molar-refractivity contribution in [3.63, 3.8) is 0 Å². The maximum Gasteiger partial charge on any atom is 0.232 e. The maximum atomic E-state index is 13.2. The van der Waals surface area contributed by atoms with Crippen LogP contribution in [0.5, 0.6) is 5.75 Å². The molecule has 1 atom stereocenters. The second kappa shape index (κ2) is 7.81. The van der Waals surface area contributed by atoms with E-state index in [0.717, 1.165) is 42.9 Å². The summed E-state index contributed by atoms with van der Waals surface area (Å²) < 4.78 is 5.21. The lowest BCUT2D eigenvalue weighted by atomic mass is 9.82. The van der Waals surface area contributed by atoms with Gasteiger partial charge in [-0.15, -0.1) is 0 Å². The van der Waals surface area contributed by atoms with Gasteiger partial charge >= 0.3 is 0 Å². The molecule has 1 aliphatic heterocycles. The van der Waals surface area contributed by atoms with Crippen molar-refractivity contribution in [2.24, 2.45) is 0 Å². The number of benzene rings is 2. The highest BCUT2D eigenvalue weighted by Gasteiger charge is 2.35. The van der Waals surface area contributed by atoms with Crippen LogP contribution in [0.2, 0.25) is 0 Å². The average Bonchev–Trinajstić information content (AvgIpc) is 2.69. The van der Waals surface area contributed by atoms with E-state index >= 15 is 0 Å². The molecule has 0 bridgehead atoms. The minimum atomic E-state index is -0.511. The minimum Gasteiger partial charge on any atom is -0.497 e. The first-order valence-corrected chi connectivity index (χ1v) is 9.26. The predicted octanol–water partition coefficient (Wildman–Crippen LogP) is 4.08. The normalized spacial score (nSPS) is 17.7. The van der Waals surface area contributed by atoms with Gasteiger partial charge in [-0.2, -0.15) is 0 Å². The first kappa shape index (κ1) is 18.3. The summed E-state index contributed by atoms with van der Waals surface area (Å²) in [6.07, 6.45) is 2.09. The largest absolute Gasteiger partial charge is 0.497 e. The van der Waals surface area contributed by atoms with E-state index in [9.17, 15) is 4.79 Å². The van der Waals surface area contributed by atoms with E-state index < -0.39 is 5.41 Å². The van der Waals surface area contributed by atoms with Gasteiger partial charge in [-0.25, -0.2) is 0 Å². The Morgan fingerprint density at radius 1 is 1.12 bits per heavy atom. The maximum absolute atomic E-state index is 13.2. The molecular weight excluding hydrogens is 324 g/mol. The van der Waals surface area contributed by atoms with E-state index in [2.05, 4.69) is 5.32 Å². The molecule has 138 valence electrons. The zero-order valence-corrected chi connectivity index (χ0v) is 15.9. The van der Waals surface area contributed by atoms with E-state index in [1.807, 2.05) is 73.3 Å². The molecule has 2 aromatic rings. The van der Waals surface area contributed by atoms with E-state index in [1.54, 1.807) is 7.11 Å². The SMILES string of the molecule is COc1ccc(N[C@H]2CCCN(C(=O)C(C)(C)c3ccccc3)C2)cc1. The van der Waals surface area contributed by atoms with Crippen LogP contribution < -0.4 is 10.1 Å². The number of anilines is 1. The van der Waals surface area contributed by atoms with Gasteiger partial charge in [-0.1, -0.05) is 30.3 Å². The lowest BCUT2D eigenvalue weighted by Gasteiger charge is -2.38. The van der Waals surface area contributed by atoms with Crippen molar-refractivity contribution in [3.8, 4) is 5.75 Å². The quantitative estimate of drug-likeness (QED) is 0.882. The van der Waals surface area contributed by atoms with E-state index in [0.29, 0.717) is 0 Å². The van der Waals surface area contributed by atoms with E-state index in [-0.39, 0.29) is 11.9 Å². The zero-order valence-electron chi connectivity index (χ0n) is 15.9. The molecule has 0 aromatic heterocycles. The number of carbonyl (C=O) groups is 1. The van der Waals surface area contributed by atoms with Gasteiger partial charge in [0.15, 0.2) is 0 Å². The molecule has 1 aliphatic rings. The number of methoxy groups -OCH3 is 1. The minimum absolute atomic E-state index is 0.199. The third-order valence-corrected chi connectivity index (χ3v) is 5.20. The van der Waals surface area contributed by atoms with Crippen LogP contribution >= 0.6 is 0 Å². The Morgan fingerprint density at radius 3 is 2.46 bits per heavy atom. The van der Waals surface area contributed by atoms with Gasteiger partial charge in [0.2, 0.25) is 5.91 Å². The van der Waals surface area contributed by atoms with Crippen LogP contribution in [0.1, 0.15) is 32.3 Å². The molecule has 1 saturated heterocycles. The molecule has 0 aliphatic carbocycles. The number of hydrogen-bond donors (Lipinski definition) is 1. The van der Waals surface area contributed by atoms with Gasteiger partial charge in [0.1, 0.15) is 5.75 Å². The summed E-state index contributed by atoms with van der Waals surface area (Å²) >= 11 is 0. The van der Waals surface area contributed by atoms with Gasteiger partial charge in [-0.05, 0) is 56.5 Å². The molecule has 1 amide bonds. The van der Waals surface area contributed by atoms with Crippen molar-refractivity contribution in [1.82, 2.24) is 4.90 Å². The molecule has 26 heavy (non-hydrogen) atoms. The molecule has 1 heterocycles. The summed E-state index contributed by atoms with van der Waals surface area (Å²) in [5.74, 6) is 1.05. The molecule has 0 saturated carbocycles. The topological polar surface area (TPSA) is 41.6 Å². The number of nitrogens with zero attached hydrogens (tertiary/aromatic N) is 1. The Hall–Kier alpha value is -2.49. The summed E-state index contributed by atoms with van der Waals surface area (Å²) in [6, 6.07) is 18.3. The van der Waals surface area contributed by atoms with Crippen LogP contribution in [-0.2, 0) is 10.2 Å². The van der Waals surface area contributed by atoms with Crippen molar-refractivity contribution < 1.29 is 9.53 Å². The van der Waals surface area contributed by atoms with E-state index in [1.165, 1.54) is 0 Å². The third kappa shape index (κ3) is 4.01. The van der Waals surface area contributed by atoms with Crippen molar-refractivity contribution >= 4 is 11.6 Å². The number of nitrogens with one attached hydrogen (secondary N) is 1. The number of carbonyl (C=O) groups excluding carboxylic acids is 1. The Labute approximate surface area is 156 Å². The fraction of sp³-hybridized carbons (Fsp3) is 0.409. The van der Waals surface area contributed by atoms with Crippen molar-refractivity contribution in [3.05, 3.63) is 60.2 Å². The Bertz CT molecular complexity index is 726. The molecule has 0 unspecified atom stereocenters. The van der Waals surface area contributed by atoms with Crippen LogP contribution in [0, 0.1) is 0 Å². The summed E-state index contributed by atoms with van der Waals surface area (Å²) in [7, 11) is 1.67. The molecule has 4 nitrogen and oxygen atoms in total. The molecule has 0 radical (unpaired) electrons. The fourth-order valence-corrected chi connectivity index (χ4v) is 3.58. The van der Waals surface area contributed by atoms with Crippen LogP contribution in [0.3, 0.4) is 0 Å². The van der Waals surface area contributed by atoms with Crippen LogP contribution in [0.4, 0.5) is 5.69 Å². The molecular formula is C22H28N2O2. The molecule has 1 N–H and O–H groups in total. The number of ether oxygens (including phenoxy) is 1. The summed E-state index contributed by atoms with van der Waals surface area (Å²) in [6.45, 7) is 5.60. The fourth-order valence-electron chi connectivity index (χ4n) is 3.58. The molecule has 0 spiro atoms. The number of rotatable bonds is 5. The van der Waals surface area contributed by atoms with Gasteiger partial charge in [0, 0.05) is 24.8 Å². The predicted molar refractivity (Wildman–Crippen MR) is 106 cm³/mol. The average molecular weight is 352 g/mol. The Kier molecular flexibility index (Phi) is 5.50. The monoisotopic (exact) mass is 352 g/mol. The highest BCUT2D eigenvalue weighted by molar-refractivity contribution is 5.87. The van der Waals surface area contributed by atoms with Crippen molar-refractivity contribution in [1.29, 1.82) is 0 Å². The van der Waals surface area contributed by atoms with Crippen molar-refractivity contribution in [2.75, 3.05) is 25.5 Å². The van der Waals surface area contributed by atoms with Crippen LogP contribution in [-0.4, -0.2) is 37.0 Å². The molecule has 1 fully saturated rings. The lowest BCUT2D eigenvalue weighted by Crippen LogP contribution is -2.50. The van der Waals surface area contributed by atoms with Gasteiger partial charge in [0.05, 0.1) is 12.5 Å². The molecule has 3 rings (SSSR count). The summed E-state index contributed by atoms with van der Waals surface area (Å²) in [4.78, 5) is 15.2. The molecule has 2 aromatic carbocycles. The second-order valence-electron chi connectivity index (χ2n) is 7.45. The first-order valence-electron chi connectivity index (χ1n) is 9.26. The first-order chi connectivity index (χ1) is 12.5. The number of amides is 1. The number of piperidine rings is 1. The smallest absolute Gasteiger partial charge is 0.232 e. The van der Waals surface area contributed by atoms with Gasteiger partial charge in [0.25, 0.3) is 0 Å². The third-order valence-electron chi connectivity index (χ3n) is 5.20. The van der Waals surface area contributed by atoms with Gasteiger partial charge < -0.3 is 15.0 Å². The highest BCUT2D eigenvalue weighted by atomic mass is 16.5. The van der Waals surface area contributed by atoms with Crippen molar-refractivity contribution in [2.45, 2.75) is 38.1 Å². The standard InChI is InChI=1S/C22H28N2O2/c1-22(2,17-8-5-4-6-9-17)21(25)24-15-7-10-19(16-24)23-18-11-13-20(26-3)14-12-18/h4-6,8-9,11-14,19,23H,7,10,15-16H2,1-3H3/t19-/m0/s1. The highest BCUT2D eigenvalue weighted by Crippen LogP contribution is 2.28. The van der Waals surface area contributed by atoms with E-state index in [4.69, 9.17) is 4.74 Å². The zero-order chi connectivity index (χ0) is 18.6. The number of likely N-dealkylation sites (tertiary alicyclic amines) is 1. The van der Waals surface area contributed by atoms with Crippen LogP contribution in [0.25, 0.3) is 0 Å². The molecule has 4 heteroatoms. The number of hydrogen-bond acceptors (Lipinski definition) is 3. The Morgan fingerprint density at radius 2 is 1.81 bits per heavy atom. The summed E-state index contributed by atoms with van der Waals surface area (Å²) in [5, 5.41) is 3.56.